The van der Waals surface area contributed by atoms with Gasteiger partial charge in [-0.25, -0.2) is 18.4 Å². The number of nitrogens with two attached hydrogens (primary N) is 1. The van der Waals surface area contributed by atoms with Crippen molar-refractivity contribution in [1.29, 1.82) is 0 Å². The normalized spacial score (nSPS) is 16.9. The highest BCUT2D eigenvalue weighted by atomic mass is 32.2. The first-order valence-corrected chi connectivity index (χ1v) is 10.0. The van der Waals surface area contributed by atoms with E-state index in [0.717, 1.165) is 5.01 Å². The van der Waals surface area contributed by atoms with Crippen molar-refractivity contribution in [2.45, 2.75) is 17.9 Å². The summed E-state index contributed by atoms with van der Waals surface area (Å²) >= 11 is 0. The van der Waals surface area contributed by atoms with Crippen molar-refractivity contribution in [3.63, 3.8) is 0 Å². The topological polar surface area (TPSA) is 144 Å². The summed E-state index contributed by atoms with van der Waals surface area (Å²) in [6.45, 7) is 1.74. The highest BCUT2D eigenvalue weighted by molar-refractivity contribution is 7.89. The Bertz CT molecular complexity index is 1080. The third-order valence-electron chi connectivity index (χ3n) is 3.85. The molecule has 0 aliphatic carbocycles. The van der Waals surface area contributed by atoms with Crippen molar-refractivity contribution < 1.29 is 22.7 Å². The van der Waals surface area contributed by atoms with Gasteiger partial charge in [-0.15, -0.1) is 0 Å². The molecule has 0 saturated heterocycles. The van der Waals surface area contributed by atoms with Gasteiger partial charge in [0.1, 0.15) is 0 Å². The summed E-state index contributed by atoms with van der Waals surface area (Å²) in [7, 11) is -3.84. The summed E-state index contributed by atoms with van der Waals surface area (Å²) in [4.78, 5) is 24.9. The molecule has 1 heterocycles. The second-order valence-electron chi connectivity index (χ2n) is 5.85. The van der Waals surface area contributed by atoms with Crippen molar-refractivity contribution in [3.05, 3.63) is 54.6 Å². The third kappa shape index (κ3) is 4.52. The number of hydrogen-bond donors (Lipinski definition) is 1. The Labute approximate surface area is 166 Å². The van der Waals surface area contributed by atoms with Gasteiger partial charge < -0.3 is 4.74 Å². The molecule has 1 unspecified atom stereocenters. The summed E-state index contributed by atoms with van der Waals surface area (Å²) in [6, 6.07) is 12.5. The zero-order valence-electron chi connectivity index (χ0n) is 15.3. The molecule has 1 amide bonds. The van der Waals surface area contributed by atoms with Gasteiger partial charge in [-0.1, -0.05) is 18.2 Å². The smallest absolute Gasteiger partial charge is 0.357 e. The molecule has 2 N–H and O–H groups in total. The maximum absolute atomic E-state index is 12.8. The summed E-state index contributed by atoms with van der Waals surface area (Å²) in [5.74, 6) is -1.34. The number of sulfonamides is 1. The minimum atomic E-state index is -3.84. The first kappa shape index (κ1) is 20.3. The zero-order chi connectivity index (χ0) is 21.0. The Balaban J connectivity index is 1.89. The summed E-state index contributed by atoms with van der Waals surface area (Å²) in [5, 5.41) is 18.1. The second-order valence-corrected chi connectivity index (χ2v) is 7.41. The number of hydrazone groups is 1. The zero-order valence-corrected chi connectivity index (χ0v) is 16.1. The number of amides is 1. The molecule has 11 heteroatoms. The molecule has 0 saturated carbocycles. The SMILES string of the molecule is CCOC(=O)C1=NN(c2ccccc2)C(=O)C1N=Nc1ccc(S(N)(=O)=O)cc1. The van der Waals surface area contributed by atoms with Gasteiger partial charge in [-0.3, -0.25) is 4.79 Å². The lowest BCUT2D eigenvalue weighted by Gasteiger charge is -2.11. The molecular formula is C18H17N5O5S. The van der Waals surface area contributed by atoms with Crippen LogP contribution in [-0.2, 0) is 24.3 Å². The minimum absolute atomic E-state index is 0.0857. The maximum Gasteiger partial charge on any atom is 0.357 e. The van der Waals surface area contributed by atoms with E-state index < -0.39 is 27.9 Å². The maximum atomic E-state index is 12.8. The van der Waals surface area contributed by atoms with E-state index in [0.29, 0.717) is 5.69 Å². The molecule has 0 bridgehead atoms. The van der Waals surface area contributed by atoms with E-state index in [-0.39, 0.29) is 22.9 Å². The number of benzene rings is 2. The van der Waals surface area contributed by atoms with Crippen LogP contribution in [0.3, 0.4) is 0 Å². The van der Waals surface area contributed by atoms with Crippen molar-refractivity contribution in [2.75, 3.05) is 11.6 Å². The standard InChI is InChI=1S/C18H17N5O5S/c1-2-28-18(25)16-15(17(24)23(22-16)13-6-4-3-5-7-13)21-20-12-8-10-14(11-9-12)29(19,26)27/h3-11,15H,2H2,1H3,(H2,19,26,27). The second kappa shape index (κ2) is 8.29. The van der Waals surface area contributed by atoms with E-state index in [1.54, 1.807) is 37.3 Å². The fourth-order valence-corrected chi connectivity index (χ4v) is 3.00. The molecule has 29 heavy (non-hydrogen) atoms. The van der Waals surface area contributed by atoms with Crippen LogP contribution in [0.15, 0.2) is 74.8 Å². The van der Waals surface area contributed by atoms with Crippen LogP contribution < -0.4 is 10.1 Å². The number of carbonyl (C=O) groups is 2. The minimum Gasteiger partial charge on any atom is -0.461 e. The third-order valence-corrected chi connectivity index (χ3v) is 4.78. The summed E-state index contributed by atoms with van der Waals surface area (Å²) in [5.41, 5.74) is 0.548. The van der Waals surface area contributed by atoms with E-state index in [1.165, 1.54) is 24.3 Å². The number of primary sulfonamides is 1. The van der Waals surface area contributed by atoms with Gasteiger partial charge >= 0.3 is 5.97 Å². The van der Waals surface area contributed by atoms with E-state index >= 15 is 0 Å². The predicted molar refractivity (Wildman–Crippen MR) is 104 cm³/mol. The van der Waals surface area contributed by atoms with Crippen molar-refractivity contribution >= 4 is 39.0 Å². The van der Waals surface area contributed by atoms with Crippen LogP contribution in [0.2, 0.25) is 0 Å². The van der Waals surface area contributed by atoms with E-state index in [2.05, 4.69) is 15.3 Å². The number of para-hydroxylation sites is 1. The van der Waals surface area contributed by atoms with Crippen LogP contribution in [0.4, 0.5) is 11.4 Å². The van der Waals surface area contributed by atoms with Crippen LogP contribution in [0.25, 0.3) is 0 Å². The fraction of sp³-hybridized carbons (Fsp3) is 0.167. The van der Waals surface area contributed by atoms with Gasteiger partial charge in [0.05, 0.1) is 22.9 Å². The van der Waals surface area contributed by atoms with Crippen LogP contribution in [-0.4, -0.2) is 38.7 Å². The van der Waals surface area contributed by atoms with Gasteiger partial charge in [0, 0.05) is 0 Å². The number of ether oxygens (including phenoxy) is 1. The largest absolute Gasteiger partial charge is 0.461 e. The highest BCUT2D eigenvalue weighted by Gasteiger charge is 2.41. The molecule has 2 aromatic rings. The van der Waals surface area contributed by atoms with Crippen LogP contribution in [0.1, 0.15) is 6.92 Å². The summed E-state index contributed by atoms with van der Waals surface area (Å²) in [6.07, 6.45) is 0. The molecule has 0 spiro atoms. The molecule has 1 aliphatic rings. The van der Waals surface area contributed by atoms with E-state index in [4.69, 9.17) is 9.88 Å². The molecule has 1 atom stereocenters. The fourth-order valence-electron chi connectivity index (χ4n) is 2.49. The molecule has 3 rings (SSSR count). The average Bonchev–Trinajstić information content (AvgIpc) is 3.03. The molecule has 1 aliphatic heterocycles. The highest BCUT2D eigenvalue weighted by Crippen LogP contribution is 2.24. The van der Waals surface area contributed by atoms with Crippen molar-refractivity contribution in [1.82, 2.24) is 0 Å². The number of nitrogens with zero attached hydrogens (tertiary/aromatic N) is 4. The average molecular weight is 415 g/mol. The predicted octanol–water partition coefficient (Wildman–Crippen LogP) is 1.75. The molecule has 150 valence electrons. The van der Waals surface area contributed by atoms with Crippen molar-refractivity contribution in [2.24, 2.45) is 20.5 Å². The van der Waals surface area contributed by atoms with Crippen molar-refractivity contribution in [3.8, 4) is 0 Å². The number of hydrogen-bond acceptors (Lipinski definition) is 8. The lowest BCUT2D eigenvalue weighted by Crippen LogP contribution is -2.33. The van der Waals surface area contributed by atoms with Crippen LogP contribution in [0.5, 0.6) is 0 Å². The molecule has 0 fully saturated rings. The Hall–Kier alpha value is -3.44. The number of esters is 1. The van der Waals surface area contributed by atoms with Crippen LogP contribution in [0, 0.1) is 0 Å². The van der Waals surface area contributed by atoms with E-state index in [1.807, 2.05) is 0 Å². The van der Waals surface area contributed by atoms with E-state index in [9.17, 15) is 18.0 Å². The molecule has 2 aromatic carbocycles. The molecule has 0 aromatic heterocycles. The summed E-state index contributed by atoms with van der Waals surface area (Å²) < 4.78 is 27.6. The van der Waals surface area contributed by atoms with Gasteiger partial charge in [-0.05, 0) is 43.3 Å². The Kier molecular flexibility index (Phi) is 5.80. The van der Waals surface area contributed by atoms with Crippen LogP contribution >= 0.6 is 0 Å². The first-order chi connectivity index (χ1) is 13.8. The number of anilines is 1. The molecular weight excluding hydrogens is 398 g/mol. The number of rotatable bonds is 6. The Morgan fingerprint density at radius 1 is 1.17 bits per heavy atom. The molecule has 0 radical (unpaired) electrons. The Morgan fingerprint density at radius 2 is 1.83 bits per heavy atom. The van der Waals surface area contributed by atoms with Gasteiger partial charge in [0.25, 0.3) is 5.91 Å². The number of azo groups is 1. The number of carbonyl (C=O) groups excluding carboxylic acids is 2. The lowest BCUT2D eigenvalue weighted by molar-refractivity contribution is -0.135. The first-order valence-electron chi connectivity index (χ1n) is 8.49. The van der Waals surface area contributed by atoms with Gasteiger partial charge in [0.15, 0.2) is 5.71 Å². The molecule has 10 nitrogen and oxygen atoms in total. The lowest BCUT2D eigenvalue weighted by atomic mass is 10.2. The quantitative estimate of drug-likeness (QED) is 0.564. The Morgan fingerprint density at radius 3 is 2.41 bits per heavy atom. The van der Waals surface area contributed by atoms with Gasteiger partial charge in [0.2, 0.25) is 16.1 Å². The monoisotopic (exact) mass is 415 g/mol. The van der Waals surface area contributed by atoms with Gasteiger partial charge in [-0.2, -0.15) is 20.3 Å².